The Morgan fingerprint density at radius 1 is 1.35 bits per heavy atom. The molecular weight excluding hydrogens is 280 g/mol. The Bertz CT molecular complexity index is 346. The van der Waals surface area contributed by atoms with E-state index < -0.39 is 0 Å². The predicted octanol–water partition coefficient (Wildman–Crippen LogP) is 2.16. The van der Waals surface area contributed by atoms with Crippen molar-refractivity contribution in [3.63, 3.8) is 0 Å². The highest BCUT2D eigenvalue weighted by Gasteiger charge is 2.22. The Morgan fingerprint density at radius 2 is 1.94 bits per heavy atom. The third-order valence-electron chi connectivity index (χ3n) is 3.47. The first-order valence-electron chi connectivity index (χ1n) is 6.13. The maximum absolute atomic E-state index is 4.35. The van der Waals surface area contributed by atoms with Crippen molar-refractivity contribution >= 4 is 21.9 Å². The van der Waals surface area contributed by atoms with Crippen molar-refractivity contribution in [2.24, 2.45) is 0 Å². The van der Waals surface area contributed by atoms with Crippen LogP contribution in [0.4, 0.5) is 5.95 Å². The number of piperidine rings is 1. The zero-order valence-electron chi connectivity index (χ0n) is 10.4. The summed E-state index contributed by atoms with van der Waals surface area (Å²) in [7, 11) is 2.09. The van der Waals surface area contributed by atoms with E-state index in [0.29, 0.717) is 6.04 Å². The maximum atomic E-state index is 4.35. The molecule has 94 valence electrons. The lowest BCUT2D eigenvalue weighted by atomic mass is 10.0. The smallest absolute Gasteiger partial charge is 0.225 e. The van der Waals surface area contributed by atoms with Crippen molar-refractivity contribution in [1.82, 2.24) is 14.9 Å². The molecule has 1 aromatic rings. The van der Waals surface area contributed by atoms with Gasteiger partial charge in [-0.3, -0.25) is 0 Å². The zero-order chi connectivity index (χ0) is 12.3. The Morgan fingerprint density at radius 3 is 2.47 bits per heavy atom. The van der Waals surface area contributed by atoms with Crippen LogP contribution in [0.3, 0.4) is 0 Å². The molecule has 0 aliphatic carbocycles. The molecule has 1 saturated heterocycles. The van der Waals surface area contributed by atoms with Crippen molar-refractivity contribution in [3.05, 3.63) is 16.9 Å². The van der Waals surface area contributed by atoms with E-state index in [0.717, 1.165) is 17.0 Å². The van der Waals surface area contributed by atoms with Gasteiger partial charge in [-0.25, -0.2) is 9.97 Å². The summed E-state index contributed by atoms with van der Waals surface area (Å²) in [4.78, 5) is 13.4. The van der Waals surface area contributed by atoms with Gasteiger partial charge in [-0.15, -0.1) is 0 Å². The average molecular weight is 299 g/mol. The molecule has 0 aromatic carbocycles. The summed E-state index contributed by atoms with van der Waals surface area (Å²) in [5, 5.41) is 0. The molecule has 0 radical (unpaired) electrons. The molecule has 1 aliphatic rings. The Labute approximate surface area is 111 Å². The minimum Gasteiger partial charge on any atom is -0.341 e. The third kappa shape index (κ3) is 3.16. The van der Waals surface area contributed by atoms with Gasteiger partial charge < -0.3 is 9.80 Å². The van der Waals surface area contributed by atoms with Gasteiger partial charge >= 0.3 is 0 Å². The summed E-state index contributed by atoms with van der Waals surface area (Å²) >= 11 is 3.36. The molecule has 0 atom stereocenters. The molecular formula is C12H19BrN4. The molecule has 0 amide bonds. The molecule has 1 aliphatic heterocycles. The van der Waals surface area contributed by atoms with Crippen molar-refractivity contribution in [3.8, 4) is 0 Å². The van der Waals surface area contributed by atoms with E-state index in [1.165, 1.54) is 25.9 Å². The van der Waals surface area contributed by atoms with Gasteiger partial charge in [0.2, 0.25) is 5.95 Å². The summed E-state index contributed by atoms with van der Waals surface area (Å²) in [6, 6.07) is 0.568. The second kappa shape index (κ2) is 5.78. The van der Waals surface area contributed by atoms with Gasteiger partial charge in [-0.05, 0) is 35.3 Å². The number of aromatic nitrogens is 2. The fraction of sp³-hybridized carbons (Fsp3) is 0.667. The normalized spacial score (nSPS) is 18.3. The largest absolute Gasteiger partial charge is 0.341 e. The van der Waals surface area contributed by atoms with Crippen LogP contribution >= 0.6 is 15.9 Å². The van der Waals surface area contributed by atoms with Gasteiger partial charge in [0, 0.05) is 38.6 Å². The van der Waals surface area contributed by atoms with E-state index in [1.54, 1.807) is 12.4 Å². The lowest BCUT2D eigenvalue weighted by molar-refractivity contribution is 0.220. The summed E-state index contributed by atoms with van der Waals surface area (Å²) in [5.41, 5.74) is 0. The van der Waals surface area contributed by atoms with Gasteiger partial charge in [0.25, 0.3) is 0 Å². The van der Waals surface area contributed by atoms with Crippen LogP contribution in [0.1, 0.15) is 19.8 Å². The number of halogens is 1. The molecule has 2 rings (SSSR count). The fourth-order valence-electron chi connectivity index (χ4n) is 2.27. The monoisotopic (exact) mass is 298 g/mol. The van der Waals surface area contributed by atoms with E-state index in [4.69, 9.17) is 0 Å². The van der Waals surface area contributed by atoms with Gasteiger partial charge in [0.15, 0.2) is 0 Å². The van der Waals surface area contributed by atoms with Gasteiger partial charge in [-0.1, -0.05) is 6.92 Å². The topological polar surface area (TPSA) is 32.3 Å². The second-order valence-corrected chi connectivity index (χ2v) is 5.39. The van der Waals surface area contributed by atoms with Crippen molar-refractivity contribution < 1.29 is 0 Å². The van der Waals surface area contributed by atoms with E-state index in [2.05, 4.69) is 49.7 Å². The van der Waals surface area contributed by atoms with Crippen molar-refractivity contribution in [2.45, 2.75) is 25.8 Å². The lowest BCUT2D eigenvalue weighted by Gasteiger charge is -2.36. The number of nitrogens with zero attached hydrogens (tertiary/aromatic N) is 4. The van der Waals surface area contributed by atoms with Crippen LogP contribution in [0.25, 0.3) is 0 Å². The Kier molecular flexibility index (Phi) is 4.34. The molecule has 17 heavy (non-hydrogen) atoms. The van der Waals surface area contributed by atoms with Crippen LogP contribution in [0, 0.1) is 0 Å². The molecule has 0 unspecified atom stereocenters. The average Bonchev–Trinajstić information content (AvgIpc) is 2.39. The lowest BCUT2D eigenvalue weighted by Crippen LogP contribution is -2.43. The van der Waals surface area contributed by atoms with Crippen LogP contribution in [-0.2, 0) is 0 Å². The first-order chi connectivity index (χ1) is 8.20. The number of likely N-dealkylation sites (tertiary alicyclic amines) is 1. The van der Waals surface area contributed by atoms with E-state index in [1.807, 2.05) is 0 Å². The second-order valence-electron chi connectivity index (χ2n) is 4.48. The highest BCUT2D eigenvalue weighted by atomic mass is 79.9. The summed E-state index contributed by atoms with van der Waals surface area (Å²) in [6.45, 7) is 5.75. The Hall–Kier alpha value is -0.680. The SMILES string of the molecule is CCN1CCC(N(C)c2ncc(Br)cn2)CC1. The first kappa shape index (κ1) is 12.8. The third-order valence-corrected chi connectivity index (χ3v) is 3.88. The Balaban J connectivity index is 1.96. The standard InChI is InChI=1S/C12H19BrN4/c1-3-17-6-4-11(5-7-17)16(2)12-14-8-10(13)9-15-12/h8-9,11H,3-7H2,1-2H3. The van der Waals surface area contributed by atoms with Gasteiger partial charge in [-0.2, -0.15) is 0 Å². The summed E-state index contributed by atoms with van der Waals surface area (Å²) in [6.07, 6.45) is 6.01. The maximum Gasteiger partial charge on any atom is 0.225 e. The van der Waals surface area contributed by atoms with E-state index in [9.17, 15) is 0 Å². The summed E-state index contributed by atoms with van der Waals surface area (Å²) < 4.78 is 0.926. The molecule has 0 saturated carbocycles. The molecule has 0 bridgehead atoms. The number of rotatable bonds is 3. The first-order valence-corrected chi connectivity index (χ1v) is 6.92. The summed E-state index contributed by atoms with van der Waals surface area (Å²) in [5.74, 6) is 0.822. The van der Waals surface area contributed by atoms with Crippen LogP contribution in [0.15, 0.2) is 16.9 Å². The van der Waals surface area contributed by atoms with Crippen LogP contribution in [-0.4, -0.2) is 47.6 Å². The molecule has 1 fully saturated rings. The molecule has 4 nitrogen and oxygen atoms in total. The van der Waals surface area contributed by atoms with Crippen LogP contribution in [0.2, 0.25) is 0 Å². The minimum absolute atomic E-state index is 0.568. The molecule has 2 heterocycles. The van der Waals surface area contributed by atoms with Crippen molar-refractivity contribution in [2.75, 3.05) is 31.6 Å². The van der Waals surface area contributed by atoms with Crippen molar-refractivity contribution in [1.29, 1.82) is 0 Å². The highest BCUT2D eigenvalue weighted by molar-refractivity contribution is 9.10. The van der Waals surface area contributed by atoms with Gasteiger partial charge in [0.1, 0.15) is 0 Å². The zero-order valence-corrected chi connectivity index (χ0v) is 12.0. The van der Waals surface area contributed by atoms with Gasteiger partial charge in [0.05, 0.1) is 4.47 Å². The number of hydrogen-bond donors (Lipinski definition) is 0. The van der Waals surface area contributed by atoms with E-state index >= 15 is 0 Å². The molecule has 0 N–H and O–H groups in total. The van der Waals surface area contributed by atoms with E-state index in [-0.39, 0.29) is 0 Å². The molecule has 0 spiro atoms. The fourth-order valence-corrected chi connectivity index (χ4v) is 2.48. The minimum atomic E-state index is 0.568. The number of hydrogen-bond acceptors (Lipinski definition) is 4. The molecule has 1 aromatic heterocycles. The molecule has 5 heteroatoms. The van der Waals surface area contributed by atoms with Crippen LogP contribution < -0.4 is 4.90 Å². The quantitative estimate of drug-likeness (QED) is 0.856. The number of anilines is 1. The van der Waals surface area contributed by atoms with Crippen LogP contribution in [0.5, 0.6) is 0 Å². The predicted molar refractivity (Wildman–Crippen MR) is 73.3 cm³/mol. The highest BCUT2D eigenvalue weighted by Crippen LogP contribution is 2.19.